The second-order valence-electron chi connectivity index (χ2n) is 10.2. The molecule has 0 unspecified atom stereocenters. The van der Waals surface area contributed by atoms with Gasteiger partial charge >= 0.3 is 0 Å². The molecule has 7 rings (SSSR count). The lowest BCUT2D eigenvalue weighted by molar-refractivity contribution is 0.482. The zero-order valence-electron chi connectivity index (χ0n) is 19.4. The fraction of sp³-hybridized carbons (Fsp3) is 0.129. The number of rotatable bonds is 0. The van der Waals surface area contributed by atoms with Crippen molar-refractivity contribution in [3.8, 4) is 5.75 Å². The Bertz CT molecular complexity index is 1950. The first-order valence-electron chi connectivity index (χ1n) is 11.7. The van der Waals surface area contributed by atoms with E-state index in [-0.39, 0.29) is 11.2 Å². The topological polar surface area (TPSA) is 37.5 Å². The van der Waals surface area contributed by atoms with Crippen LogP contribution in [0, 0.1) is 0 Å². The fourth-order valence-corrected chi connectivity index (χ4v) is 5.52. The van der Waals surface area contributed by atoms with Crippen molar-refractivity contribution in [2.75, 3.05) is 0 Å². The molecule has 1 N–H and O–H groups in total. The number of hydrogen-bond acceptors (Lipinski definition) is 2. The van der Waals surface area contributed by atoms with Crippen LogP contribution >= 0.6 is 0 Å². The van der Waals surface area contributed by atoms with Gasteiger partial charge in [0.25, 0.3) is 0 Å². The summed E-state index contributed by atoms with van der Waals surface area (Å²) in [5, 5.41) is 18.7. The molecular weight excluding hydrogens is 416 g/mol. The van der Waals surface area contributed by atoms with Crippen LogP contribution in [0.5, 0.6) is 5.75 Å². The van der Waals surface area contributed by atoms with Crippen molar-refractivity contribution in [1.29, 1.82) is 0 Å². The van der Waals surface area contributed by atoms with Gasteiger partial charge in [-0.1, -0.05) is 87.5 Å². The number of hydrogen-bond donors (Lipinski definition) is 1. The van der Waals surface area contributed by atoms with Crippen LogP contribution in [-0.4, -0.2) is 14.5 Å². The molecule has 3 nitrogen and oxygen atoms in total. The third-order valence-electron chi connectivity index (χ3n) is 7.19. The van der Waals surface area contributed by atoms with E-state index in [1.165, 1.54) is 21.7 Å². The van der Waals surface area contributed by atoms with E-state index < -0.39 is 0 Å². The number of phenolic OH excluding ortho intramolecular Hbond substituents is 1. The van der Waals surface area contributed by atoms with E-state index in [0.29, 0.717) is 0 Å². The summed E-state index contributed by atoms with van der Waals surface area (Å²) in [6.07, 6.45) is 0. The number of imidazole rings is 1. The fourth-order valence-electron chi connectivity index (χ4n) is 5.52. The van der Waals surface area contributed by atoms with Gasteiger partial charge in [-0.25, -0.2) is 4.98 Å². The molecule has 0 saturated carbocycles. The van der Waals surface area contributed by atoms with E-state index in [1.807, 2.05) is 6.07 Å². The van der Waals surface area contributed by atoms with Crippen molar-refractivity contribution >= 4 is 59.9 Å². The molecule has 0 spiro atoms. The average molecular weight is 441 g/mol. The Labute approximate surface area is 196 Å². The predicted molar refractivity (Wildman–Crippen MR) is 143 cm³/mol. The van der Waals surface area contributed by atoms with E-state index in [4.69, 9.17) is 4.98 Å². The number of benzene rings is 5. The number of aromatic hydroxyl groups is 1. The van der Waals surface area contributed by atoms with Gasteiger partial charge in [0, 0.05) is 16.2 Å². The highest BCUT2D eigenvalue weighted by Crippen LogP contribution is 2.42. The molecule has 2 heterocycles. The number of phenols is 1. The monoisotopic (exact) mass is 440 g/mol. The van der Waals surface area contributed by atoms with Crippen molar-refractivity contribution in [3.05, 3.63) is 90.5 Å². The summed E-state index contributed by atoms with van der Waals surface area (Å²) in [5.41, 5.74) is 5.23. The minimum atomic E-state index is 0.0200. The Morgan fingerprint density at radius 2 is 1.32 bits per heavy atom. The van der Waals surface area contributed by atoms with Gasteiger partial charge in [0.15, 0.2) is 0 Å². The SMILES string of the molecule is CC(C)(C)c1ccc2c(c1)c1cccc(O)c1c1nc3c4ccccc4c4ccccc4c3n21. The summed E-state index contributed by atoms with van der Waals surface area (Å²) in [6.45, 7) is 6.70. The van der Waals surface area contributed by atoms with Crippen LogP contribution in [0.4, 0.5) is 0 Å². The van der Waals surface area contributed by atoms with E-state index in [0.717, 1.165) is 43.7 Å². The minimum absolute atomic E-state index is 0.0200. The van der Waals surface area contributed by atoms with Gasteiger partial charge in [0.2, 0.25) is 0 Å². The Morgan fingerprint density at radius 1 is 0.676 bits per heavy atom. The number of fused-ring (bicyclic) bond motifs is 13. The molecule has 0 aliphatic rings. The van der Waals surface area contributed by atoms with E-state index in [2.05, 4.69) is 98.0 Å². The van der Waals surface area contributed by atoms with Crippen molar-refractivity contribution in [3.63, 3.8) is 0 Å². The van der Waals surface area contributed by atoms with Crippen molar-refractivity contribution in [2.24, 2.45) is 0 Å². The zero-order chi connectivity index (χ0) is 23.2. The third kappa shape index (κ3) is 2.44. The first-order valence-corrected chi connectivity index (χ1v) is 11.7. The van der Waals surface area contributed by atoms with Gasteiger partial charge in [-0.3, -0.25) is 4.40 Å². The van der Waals surface area contributed by atoms with Crippen LogP contribution in [0.1, 0.15) is 26.3 Å². The first-order chi connectivity index (χ1) is 16.4. The summed E-state index contributed by atoms with van der Waals surface area (Å²) < 4.78 is 2.26. The zero-order valence-corrected chi connectivity index (χ0v) is 19.4. The number of pyridine rings is 1. The molecule has 7 aromatic rings. The average Bonchev–Trinajstić information content (AvgIpc) is 3.24. The highest BCUT2D eigenvalue weighted by Gasteiger charge is 2.21. The molecule has 0 aliphatic heterocycles. The number of aromatic nitrogens is 2. The molecule has 0 aliphatic carbocycles. The highest BCUT2D eigenvalue weighted by molar-refractivity contribution is 6.26. The number of nitrogens with zero attached hydrogens (tertiary/aromatic N) is 2. The third-order valence-corrected chi connectivity index (χ3v) is 7.19. The van der Waals surface area contributed by atoms with E-state index in [1.54, 1.807) is 6.07 Å². The predicted octanol–water partition coefficient (Wildman–Crippen LogP) is 8.10. The maximum Gasteiger partial charge on any atom is 0.150 e. The van der Waals surface area contributed by atoms with Gasteiger partial charge in [-0.15, -0.1) is 0 Å². The molecule has 0 atom stereocenters. The lowest BCUT2D eigenvalue weighted by Gasteiger charge is -2.20. The second kappa shape index (κ2) is 6.48. The smallest absolute Gasteiger partial charge is 0.150 e. The molecule has 0 saturated heterocycles. The minimum Gasteiger partial charge on any atom is -0.507 e. The summed E-state index contributed by atoms with van der Waals surface area (Å²) >= 11 is 0. The largest absolute Gasteiger partial charge is 0.507 e. The van der Waals surface area contributed by atoms with Gasteiger partial charge in [0.05, 0.1) is 21.9 Å². The van der Waals surface area contributed by atoms with E-state index >= 15 is 0 Å². The summed E-state index contributed by atoms with van der Waals surface area (Å²) in [4.78, 5) is 5.21. The van der Waals surface area contributed by atoms with Gasteiger partial charge < -0.3 is 5.11 Å². The van der Waals surface area contributed by atoms with Gasteiger partial charge in [-0.2, -0.15) is 0 Å². The Kier molecular flexibility index (Phi) is 3.69. The summed E-state index contributed by atoms with van der Waals surface area (Å²) in [5.74, 6) is 0.259. The van der Waals surface area contributed by atoms with Crippen LogP contribution in [0.2, 0.25) is 0 Å². The maximum absolute atomic E-state index is 11.1. The van der Waals surface area contributed by atoms with Crippen molar-refractivity contribution in [2.45, 2.75) is 26.2 Å². The Balaban J connectivity index is 1.86. The van der Waals surface area contributed by atoms with Crippen LogP contribution in [0.3, 0.4) is 0 Å². The molecule has 34 heavy (non-hydrogen) atoms. The van der Waals surface area contributed by atoms with Gasteiger partial charge in [-0.05, 0) is 45.3 Å². The molecule has 3 heteroatoms. The molecule has 0 radical (unpaired) electrons. The quantitative estimate of drug-likeness (QED) is 0.242. The Hall–Kier alpha value is -4.11. The molecule has 2 aromatic heterocycles. The lowest BCUT2D eigenvalue weighted by atomic mass is 9.86. The standard InChI is InChI=1S/C31H24N2O/c1-31(2,3)18-15-16-25-24(17-18)21-13-8-14-26(34)27(21)30-32-28-22-11-6-4-9-19(22)20-10-5-7-12-23(20)29(28)33(25)30/h4-17,34H,1-3H3. The summed E-state index contributed by atoms with van der Waals surface area (Å²) in [6, 6.07) is 29.6. The molecule has 0 bridgehead atoms. The molecular formula is C31H24N2O. The molecule has 0 fully saturated rings. The lowest BCUT2D eigenvalue weighted by Crippen LogP contribution is -2.10. The van der Waals surface area contributed by atoms with Crippen LogP contribution in [-0.2, 0) is 5.41 Å². The highest BCUT2D eigenvalue weighted by atomic mass is 16.3. The van der Waals surface area contributed by atoms with Crippen LogP contribution < -0.4 is 0 Å². The van der Waals surface area contributed by atoms with Crippen LogP contribution in [0.25, 0.3) is 59.9 Å². The summed E-state index contributed by atoms with van der Waals surface area (Å²) in [7, 11) is 0. The van der Waals surface area contributed by atoms with Crippen molar-refractivity contribution in [1.82, 2.24) is 9.38 Å². The van der Waals surface area contributed by atoms with Gasteiger partial charge in [0.1, 0.15) is 11.4 Å². The van der Waals surface area contributed by atoms with E-state index in [9.17, 15) is 5.11 Å². The molecule has 5 aromatic carbocycles. The van der Waals surface area contributed by atoms with Crippen LogP contribution in [0.15, 0.2) is 84.9 Å². The van der Waals surface area contributed by atoms with Crippen molar-refractivity contribution < 1.29 is 5.11 Å². The normalized spacial score (nSPS) is 12.7. The maximum atomic E-state index is 11.1. The first kappa shape index (κ1) is 19.4. The molecule has 0 amide bonds. The Morgan fingerprint density at radius 3 is 2.06 bits per heavy atom. The molecule has 164 valence electrons. The second-order valence-corrected chi connectivity index (χ2v) is 10.2.